The Bertz CT molecular complexity index is 194. The maximum absolute atomic E-state index is 3.95. The van der Waals surface area contributed by atoms with Gasteiger partial charge in [0.15, 0.2) is 0 Å². The Balaban J connectivity index is 1.90. The van der Waals surface area contributed by atoms with Crippen LogP contribution in [0.2, 0.25) is 0 Å². The summed E-state index contributed by atoms with van der Waals surface area (Å²) in [6, 6.07) is 0. The van der Waals surface area contributed by atoms with E-state index in [1.807, 2.05) is 10.9 Å². The minimum absolute atomic E-state index is 1.04. The quantitative estimate of drug-likeness (QED) is 0.655. The van der Waals surface area contributed by atoms with E-state index >= 15 is 0 Å². The predicted octanol–water partition coefficient (Wildman–Crippen LogP) is 2.40. The predicted molar refractivity (Wildman–Crippen MR) is 55.2 cm³/mol. The Morgan fingerprint density at radius 3 is 2.77 bits per heavy atom. The Kier molecular flexibility index (Phi) is 5.06. The van der Waals surface area contributed by atoms with E-state index in [2.05, 4.69) is 17.3 Å². The lowest BCUT2D eigenvalue weighted by Gasteiger charge is -2.05. The molecule has 13 heavy (non-hydrogen) atoms. The Labute approximate surface area is 80.1 Å². The molecule has 1 heterocycles. The van der Waals surface area contributed by atoms with Gasteiger partial charge >= 0.3 is 0 Å². The minimum atomic E-state index is 1.04. The standard InChI is InChI=1S/C10H19N3/c1-2-3-4-5-6-7-12-13-9-8-11-10-13/h8-10,12H,2-7H2,1H3. The van der Waals surface area contributed by atoms with E-state index in [0.717, 1.165) is 6.54 Å². The highest BCUT2D eigenvalue weighted by molar-refractivity contribution is 4.79. The second kappa shape index (κ2) is 6.52. The molecule has 0 aliphatic rings. The first-order chi connectivity index (χ1) is 6.43. The number of nitrogens with one attached hydrogen (secondary N) is 1. The van der Waals surface area contributed by atoms with Crippen LogP contribution in [0, 0.1) is 0 Å². The summed E-state index contributed by atoms with van der Waals surface area (Å²) >= 11 is 0. The third-order valence-corrected chi connectivity index (χ3v) is 2.08. The molecule has 0 atom stereocenters. The van der Waals surface area contributed by atoms with Crippen LogP contribution in [0.25, 0.3) is 0 Å². The number of hydrogen-bond acceptors (Lipinski definition) is 2. The van der Waals surface area contributed by atoms with E-state index in [9.17, 15) is 0 Å². The second-order valence-electron chi connectivity index (χ2n) is 3.29. The van der Waals surface area contributed by atoms with Crippen LogP contribution in [0.5, 0.6) is 0 Å². The van der Waals surface area contributed by atoms with Crippen LogP contribution in [0.15, 0.2) is 18.7 Å². The van der Waals surface area contributed by atoms with Crippen molar-refractivity contribution in [3.63, 3.8) is 0 Å². The SMILES string of the molecule is CCCCCCCNn1ccnc1. The third-order valence-electron chi connectivity index (χ3n) is 2.08. The maximum Gasteiger partial charge on any atom is 0.114 e. The number of aromatic nitrogens is 2. The van der Waals surface area contributed by atoms with Gasteiger partial charge in [-0.3, -0.25) is 4.68 Å². The number of rotatable bonds is 7. The van der Waals surface area contributed by atoms with Gasteiger partial charge in [-0.15, -0.1) is 0 Å². The van der Waals surface area contributed by atoms with Crippen LogP contribution in [-0.4, -0.2) is 16.2 Å². The molecule has 0 fully saturated rings. The molecule has 0 saturated heterocycles. The smallest absolute Gasteiger partial charge is 0.114 e. The van der Waals surface area contributed by atoms with Crippen molar-refractivity contribution in [2.24, 2.45) is 0 Å². The average molecular weight is 181 g/mol. The van der Waals surface area contributed by atoms with Crippen LogP contribution >= 0.6 is 0 Å². The van der Waals surface area contributed by atoms with Crippen LogP contribution < -0.4 is 5.43 Å². The second-order valence-corrected chi connectivity index (χ2v) is 3.29. The highest BCUT2D eigenvalue weighted by Crippen LogP contribution is 2.01. The van der Waals surface area contributed by atoms with Crippen molar-refractivity contribution in [2.75, 3.05) is 12.0 Å². The summed E-state index contributed by atoms with van der Waals surface area (Å²) in [5.74, 6) is 0. The lowest BCUT2D eigenvalue weighted by atomic mass is 10.2. The molecule has 0 aromatic carbocycles. The molecule has 1 N–H and O–H groups in total. The number of nitrogens with zero attached hydrogens (tertiary/aromatic N) is 2. The summed E-state index contributed by atoms with van der Waals surface area (Å²) in [5, 5.41) is 0. The van der Waals surface area contributed by atoms with Crippen LogP contribution in [-0.2, 0) is 0 Å². The topological polar surface area (TPSA) is 29.9 Å². The van der Waals surface area contributed by atoms with E-state index in [4.69, 9.17) is 0 Å². The summed E-state index contributed by atoms with van der Waals surface area (Å²) in [6.45, 7) is 3.28. The minimum Gasteiger partial charge on any atom is -0.325 e. The zero-order chi connectivity index (χ0) is 9.36. The van der Waals surface area contributed by atoms with Gasteiger partial charge in [0.1, 0.15) is 6.33 Å². The third kappa shape index (κ3) is 4.55. The monoisotopic (exact) mass is 181 g/mol. The van der Waals surface area contributed by atoms with Crippen LogP contribution in [0.4, 0.5) is 0 Å². The van der Waals surface area contributed by atoms with Gasteiger partial charge in [0.25, 0.3) is 0 Å². The summed E-state index contributed by atoms with van der Waals surface area (Å²) in [6.07, 6.45) is 12.1. The van der Waals surface area contributed by atoms with Gasteiger partial charge in [0, 0.05) is 18.9 Å². The molecule has 1 aromatic heterocycles. The Morgan fingerprint density at radius 2 is 2.08 bits per heavy atom. The van der Waals surface area contributed by atoms with E-state index < -0.39 is 0 Å². The Morgan fingerprint density at radius 1 is 1.23 bits per heavy atom. The summed E-state index contributed by atoms with van der Waals surface area (Å²) in [5.41, 5.74) is 3.26. The fourth-order valence-electron chi connectivity index (χ4n) is 1.29. The fraction of sp³-hybridized carbons (Fsp3) is 0.700. The first-order valence-electron chi connectivity index (χ1n) is 5.15. The van der Waals surface area contributed by atoms with Crippen molar-refractivity contribution in [1.29, 1.82) is 0 Å². The first kappa shape index (κ1) is 10.1. The van der Waals surface area contributed by atoms with Gasteiger partial charge in [-0.2, -0.15) is 0 Å². The van der Waals surface area contributed by atoms with Crippen molar-refractivity contribution in [3.8, 4) is 0 Å². The fourth-order valence-corrected chi connectivity index (χ4v) is 1.29. The molecule has 1 rings (SSSR count). The van der Waals surface area contributed by atoms with Crippen molar-refractivity contribution in [2.45, 2.75) is 39.0 Å². The molecule has 0 unspecified atom stereocenters. The number of unbranched alkanes of at least 4 members (excludes halogenated alkanes) is 4. The molecule has 74 valence electrons. The number of imidazole rings is 1. The normalized spacial score (nSPS) is 10.2. The Hall–Kier alpha value is -0.990. The molecule has 0 saturated carbocycles. The molecule has 0 spiro atoms. The highest BCUT2D eigenvalue weighted by Gasteiger charge is 1.89. The molecule has 3 nitrogen and oxygen atoms in total. The largest absolute Gasteiger partial charge is 0.325 e. The van der Waals surface area contributed by atoms with Crippen molar-refractivity contribution >= 4 is 0 Å². The first-order valence-corrected chi connectivity index (χ1v) is 5.15. The number of hydrogen-bond donors (Lipinski definition) is 1. The molecule has 0 radical (unpaired) electrons. The van der Waals surface area contributed by atoms with Gasteiger partial charge in [-0.25, -0.2) is 4.98 Å². The molecule has 0 amide bonds. The molecule has 1 aromatic rings. The van der Waals surface area contributed by atoms with Gasteiger partial charge < -0.3 is 5.43 Å². The lowest BCUT2D eigenvalue weighted by molar-refractivity contribution is 0.631. The zero-order valence-corrected chi connectivity index (χ0v) is 8.37. The summed E-state index contributed by atoms with van der Waals surface area (Å²) in [4.78, 5) is 3.95. The van der Waals surface area contributed by atoms with Gasteiger partial charge in [-0.05, 0) is 6.42 Å². The van der Waals surface area contributed by atoms with E-state index in [0.29, 0.717) is 0 Å². The molecular formula is C10H19N3. The van der Waals surface area contributed by atoms with Gasteiger partial charge in [0.2, 0.25) is 0 Å². The van der Waals surface area contributed by atoms with E-state index in [-0.39, 0.29) is 0 Å². The van der Waals surface area contributed by atoms with Crippen LogP contribution in [0.1, 0.15) is 39.0 Å². The average Bonchev–Trinajstić information content (AvgIpc) is 2.63. The van der Waals surface area contributed by atoms with Gasteiger partial charge in [0.05, 0.1) is 0 Å². The summed E-state index contributed by atoms with van der Waals surface area (Å²) < 4.78 is 1.90. The van der Waals surface area contributed by atoms with Crippen molar-refractivity contribution in [1.82, 2.24) is 9.66 Å². The molecular weight excluding hydrogens is 162 g/mol. The van der Waals surface area contributed by atoms with Gasteiger partial charge in [-0.1, -0.05) is 32.6 Å². The van der Waals surface area contributed by atoms with Crippen molar-refractivity contribution < 1.29 is 0 Å². The lowest BCUT2D eigenvalue weighted by Crippen LogP contribution is -2.13. The molecule has 0 bridgehead atoms. The van der Waals surface area contributed by atoms with E-state index in [1.165, 1.54) is 32.1 Å². The molecule has 0 aliphatic heterocycles. The maximum atomic E-state index is 3.95. The molecule has 3 heteroatoms. The van der Waals surface area contributed by atoms with Crippen LogP contribution in [0.3, 0.4) is 0 Å². The summed E-state index contributed by atoms with van der Waals surface area (Å²) in [7, 11) is 0. The van der Waals surface area contributed by atoms with Crippen molar-refractivity contribution in [3.05, 3.63) is 18.7 Å². The highest BCUT2D eigenvalue weighted by atomic mass is 15.4. The zero-order valence-electron chi connectivity index (χ0n) is 8.37. The van der Waals surface area contributed by atoms with E-state index in [1.54, 1.807) is 12.5 Å². The molecule has 0 aliphatic carbocycles.